The lowest BCUT2D eigenvalue weighted by Crippen LogP contribution is -2.39. The minimum Gasteiger partial charge on any atom is -0.347 e. The Hall–Kier alpha value is -1.19. The van der Waals surface area contributed by atoms with Gasteiger partial charge in [0.25, 0.3) is 0 Å². The zero-order valence-corrected chi connectivity index (χ0v) is 9.63. The summed E-state index contributed by atoms with van der Waals surface area (Å²) in [4.78, 5) is 33.2. The second-order valence-corrected chi connectivity index (χ2v) is 3.71. The van der Waals surface area contributed by atoms with Gasteiger partial charge in [-0.05, 0) is 19.8 Å². The van der Waals surface area contributed by atoms with Crippen molar-refractivity contribution in [3.8, 4) is 0 Å². The van der Waals surface area contributed by atoms with Crippen LogP contribution in [-0.2, 0) is 14.4 Å². The Morgan fingerprint density at radius 2 is 1.73 bits per heavy atom. The fourth-order valence-electron chi connectivity index (χ4n) is 1.33. The molecule has 1 N–H and O–H groups in total. The normalized spacial score (nSPS) is 11.9. The second-order valence-electron chi connectivity index (χ2n) is 3.71. The first-order chi connectivity index (χ1) is 6.97. The molecular weight excluding hydrogens is 194 g/mol. The molecule has 0 aromatic rings. The summed E-state index contributed by atoms with van der Waals surface area (Å²) in [5.41, 5.74) is 0. The largest absolute Gasteiger partial charge is 0.347 e. The Bertz CT molecular complexity index is 248. The number of ketones is 2. The third-order valence-corrected chi connectivity index (χ3v) is 2.05. The summed E-state index contributed by atoms with van der Waals surface area (Å²) < 4.78 is 0. The first kappa shape index (κ1) is 13.8. The summed E-state index contributed by atoms with van der Waals surface area (Å²) in [6.45, 7) is 4.77. The lowest BCUT2D eigenvalue weighted by atomic mass is 10.0. The highest BCUT2D eigenvalue weighted by molar-refractivity contribution is 5.89. The monoisotopic (exact) mass is 213 g/mol. The van der Waals surface area contributed by atoms with E-state index in [0.717, 1.165) is 6.42 Å². The average molecular weight is 213 g/mol. The van der Waals surface area contributed by atoms with Crippen molar-refractivity contribution in [2.75, 3.05) is 0 Å². The maximum absolute atomic E-state index is 11.6. The molecule has 0 heterocycles. The van der Waals surface area contributed by atoms with Gasteiger partial charge in [-0.15, -0.1) is 0 Å². The number of Topliss-reactive ketones (excluding diaryl/α,β-unsaturated/α-hetero) is 2. The van der Waals surface area contributed by atoms with Crippen molar-refractivity contribution in [2.24, 2.45) is 0 Å². The van der Waals surface area contributed by atoms with E-state index in [9.17, 15) is 14.4 Å². The van der Waals surface area contributed by atoms with E-state index >= 15 is 0 Å². The molecule has 1 atom stereocenters. The molecule has 0 bridgehead atoms. The van der Waals surface area contributed by atoms with Gasteiger partial charge in [0.15, 0.2) is 5.78 Å². The van der Waals surface area contributed by atoms with E-state index in [4.69, 9.17) is 0 Å². The van der Waals surface area contributed by atoms with Crippen LogP contribution < -0.4 is 5.32 Å². The molecule has 86 valence electrons. The fraction of sp³-hybridized carbons (Fsp3) is 0.727. The quantitative estimate of drug-likeness (QED) is 0.691. The minimum absolute atomic E-state index is 0.00829. The first-order valence-electron chi connectivity index (χ1n) is 5.26. The molecule has 0 aliphatic rings. The van der Waals surface area contributed by atoms with Crippen LogP contribution in [0, 0.1) is 0 Å². The van der Waals surface area contributed by atoms with Gasteiger partial charge >= 0.3 is 0 Å². The summed E-state index contributed by atoms with van der Waals surface area (Å²) in [7, 11) is 0. The molecular formula is C11H19NO3. The van der Waals surface area contributed by atoms with Gasteiger partial charge in [0, 0.05) is 19.8 Å². The van der Waals surface area contributed by atoms with E-state index in [2.05, 4.69) is 5.32 Å². The van der Waals surface area contributed by atoms with Crippen LogP contribution in [0.1, 0.15) is 46.5 Å². The van der Waals surface area contributed by atoms with Crippen LogP contribution in [0.25, 0.3) is 0 Å². The van der Waals surface area contributed by atoms with Gasteiger partial charge in [0.05, 0.1) is 6.04 Å². The molecule has 1 amide bonds. The van der Waals surface area contributed by atoms with Gasteiger partial charge in [0.1, 0.15) is 5.78 Å². The van der Waals surface area contributed by atoms with E-state index in [1.165, 1.54) is 13.8 Å². The van der Waals surface area contributed by atoms with E-state index < -0.39 is 6.04 Å². The zero-order chi connectivity index (χ0) is 11.8. The third-order valence-electron chi connectivity index (χ3n) is 2.05. The maximum atomic E-state index is 11.6. The Morgan fingerprint density at radius 1 is 1.13 bits per heavy atom. The van der Waals surface area contributed by atoms with E-state index in [-0.39, 0.29) is 17.5 Å². The number of hydrogen-bond acceptors (Lipinski definition) is 3. The Kier molecular flexibility index (Phi) is 6.58. The molecule has 0 spiro atoms. The van der Waals surface area contributed by atoms with Crippen molar-refractivity contribution in [2.45, 2.75) is 52.5 Å². The molecule has 0 saturated heterocycles. The highest BCUT2D eigenvalue weighted by atomic mass is 16.2. The number of nitrogens with one attached hydrogen (secondary N) is 1. The molecule has 15 heavy (non-hydrogen) atoms. The Balaban J connectivity index is 4.23. The van der Waals surface area contributed by atoms with Crippen molar-refractivity contribution >= 4 is 17.5 Å². The minimum atomic E-state index is -0.494. The summed E-state index contributed by atoms with van der Waals surface area (Å²) >= 11 is 0. The van der Waals surface area contributed by atoms with Crippen molar-refractivity contribution in [3.63, 3.8) is 0 Å². The Labute approximate surface area is 90.4 Å². The van der Waals surface area contributed by atoms with Crippen LogP contribution in [0.3, 0.4) is 0 Å². The van der Waals surface area contributed by atoms with Crippen molar-refractivity contribution in [1.29, 1.82) is 0 Å². The molecule has 0 aromatic heterocycles. The molecule has 0 saturated carbocycles. The van der Waals surface area contributed by atoms with Crippen LogP contribution in [0.4, 0.5) is 0 Å². The second kappa shape index (κ2) is 7.15. The SMILES string of the molecule is CCCC(=O)C(CCC(C)=O)NC(C)=O. The standard InChI is InChI=1S/C11H19NO3/c1-4-5-11(15)10(12-9(3)14)7-6-8(2)13/h10H,4-7H2,1-3H3,(H,12,14). The lowest BCUT2D eigenvalue weighted by Gasteiger charge is -2.15. The van der Waals surface area contributed by atoms with Crippen LogP contribution in [0.2, 0.25) is 0 Å². The molecule has 0 fully saturated rings. The van der Waals surface area contributed by atoms with Crippen LogP contribution in [-0.4, -0.2) is 23.5 Å². The molecule has 0 aliphatic heterocycles. The van der Waals surface area contributed by atoms with Crippen LogP contribution >= 0.6 is 0 Å². The number of hydrogen-bond donors (Lipinski definition) is 1. The molecule has 0 radical (unpaired) electrons. The number of carbonyl (C=O) groups excluding carboxylic acids is 3. The summed E-state index contributed by atoms with van der Waals surface area (Å²) in [5, 5.41) is 2.58. The van der Waals surface area contributed by atoms with E-state index in [0.29, 0.717) is 19.3 Å². The van der Waals surface area contributed by atoms with Crippen molar-refractivity contribution in [1.82, 2.24) is 5.32 Å². The Morgan fingerprint density at radius 3 is 2.13 bits per heavy atom. The molecule has 4 nitrogen and oxygen atoms in total. The van der Waals surface area contributed by atoms with Gasteiger partial charge in [-0.1, -0.05) is 6.92 Å². The van der Waals surface area contributed by atoms with Gasteiger partial charge in [0.2, 0.25) is 5.91 Å². The number of amides is 1. The summed E-state index contributed by atoms with van der Waals surface area (Å²) in [5.74, 6) is -0.184. The number of carbonyl (C=O) groups is 3. The first-order valence-corrected chi connectivity index (χ1v) is 5.26. The zero-order valence-electron chi connectivity index (χ0n) is 9.63. The molecule has 0 rings (SSSR count). The van der Waals surface area contributed by atoms with E-state index in [1.807, 2.05) is 6.92 Å². The molecule has 0 aliphatic carbocycles. The fourth-order valence-corrected chi connectivity index (χ4v) is 1.33. The van der Waals surface area contributed by atoms with Gasteiger partial charge in [-0.25, -0.2) is 0 Å². The third kappa shape index (κ3) is 6.82. The van der Waals surface area contributed by atoms with Gasteiger partial charge in [-0.2, -0.15) is 0 Å². The molecule has 0 aromatic carbocycles. The van der Waals surface area contributed by atoms with Crippen molar-refractivity contribution < 1.29 is 14.4 Å². The van der Waals surface area contributed by atoms with Crippen LogP contribution in [0.15, 0.2) is 0 Å². The van der Waals surface area contributed by atoms with Gasteiger partial charge in [-0.3, -0.25) is 9.59 Å². The number of rotatable bonds is 7. The summed E-state index contributed by atoms with van der Waals surface area (Å²) in [6, 6.07) is -0.494. The highest BCUT2D eigenvalue weighted by Crippen LogP contribution is 2.04. The predicted molar refractivity (Wildman–Crippen MR) is 57.4 cm³/mol. The lowest BCUT2D eigenvalue weighted by molar-refractivity contribution is -0.127. The maximum Gasteiger partial charge on any atom is 0.217 e. The average Bonchev–Trinajstić information content (AvgIpc) is 2.11. The molecule has 1 unspecified atom stereocenters. The van der Waals surface area contributed by atoms with E-state index in [1.54, 1.807) is 0 Å². The predicted octanol–water partition coefficient (Wildman–Crippen LogP) is 1.23. The smallest absolute Gasteiger partial charge is 0.217 e. The van der Waals surface area contributed by atoms with Crippen molar-refractivity contribution in [3.05, 3.63) is 0 Å². The van der Waals surface area contributed by atoms with Gasteiger partial charge < -0.3 is 10.1 Å². The summed E-state index contributed by atoms with van der Waals surface area (Å²) in [6.07, 6.45) is 1.95. The highest BCUT2D eigenvalue weighted by Gasteiger charge is 2.18. The molecule has 4 heteroatoms. The van der Waals surface area contributed by atoms with Crippen LogP contribution in [0.5, 0.6) is 0 Å². The topological polar surface area (TPSA) is 63.2 Å².